The zero-order chi connectivity index (χ0) is 23.3. The van der Waals surface area contributed by atoms with E-state index in [9.17, 15) is 13.2 Å². The van der Waals surface area contributed by atoms with Gasteiger partial charge in [-0.15, -0.1) is 0 Å². The minimum atomic E-state index is -3.32. The molecule has 0 unspecified atom stereocenters. The standard InChI is InChI=1S/C21H23N7O4S/c1-33(30,31)14-18-25-19(27-20(26-18)28-9-11-32-12-10-28)15-4-6-16(7-5-15)23-21(29)24-17-3-2-8-22-13-17/h2-8,13H,9-12,14H2,1H3,(H2,23,24,29). The Labute approximate surface area is 191 Å². The Hall–Kier alpha value is -3.64. The van der Waals surface area contributed by atoms with Gasteiger partial charge in [0.05, 0.1) is 25.1 Å². The highest BCUT2D eigenvalue weighted by Crippen LogP contribution is 2.22. The van der Waals surface area contributed by atoms with E-state index in [1.54, 1.807) is 48.8 Å². The zero-order valence-electron chi connectivity index (χ0n) is 17.9. The van der Waals surface area contributed by atoms with Gasteiger partial charge in [0.15, 0.2) is 15.7 Å². The number of nitrogens with zero attached hydrogens (tertiary/aromatic N) is 5. The Morgan fingerprint density at radius 2 is 1.76 bits per heavy atom. The van der Waals surface area contributed by atoms with Crippen molar-refractivity contribution >= 4 is 33.2 Å². The number of nitrogens with one attached hydrogen (secondary N) is 2. The third-order valence-corrected chi connectivity index (χ3v) is 5.46. The van der Waals surface area contributed by atoms with Crippen molar-refractivity contribution in [3.8, 4) is 11.4 Å². The number of rotatable bonds is 6. The molecular weight excluding hydrogens is 446 g/mol. The molecule has 0 radical (unpaired) electrons. The lowest BCUT2D eigenvalue weighted by molar-refractivity contribution is 0.122. The number of aromatic nitrogens is 4. The van der Waals surface area contributed by atoms with Crippen LogP contribution in [0.5, 0.6) is 0 Å². The molecule has 0 saturated carbocycles. The van der Waals surface area contributed by atoms with Crippen LogP contribution >= 0.6 is 0 Å². The summed E-state index contributed by atoms with van der Waals surface area (Å²) in [5.41, 5.74) is 1.81. The number of morpholine rings is 1. The molecule has 1 fully saturated rings. The van der Waals surface area contributed by atoms with Crippen LogP contribution in [0.25, 0.3) is 11.4 Å². The molecule has 4 rings (SSSR count). The second-order valence-electron chi connectivity index (χ2n) is 7.44. The van der Waals surface area contributed by atoms with Gasteiger partial charge in [0.1, 0.15) is 11.6 Å². The molecule has 0 aliphatic carbocycles. The van der Waals surface area contributed by atoms with E-state index in [0.717, 1.165) is 6.26 Å². The summed E-state index contributed by atoms with van der Waals surface area (Å²) in [5.74, 6) is 0.673. The summed E-state index contributed by atoms with van der Waals surface area (Å²) in [4.78, 5) is 31.4. The third kappa shape index (κ3) is 6.43. The van der Waals surface area contributed by atoms with Crippen LogP contribution in [-0.2, 0) is 20.3 Å². The van der Waals surface area contributed by atoms with Crippen molar-refractivity contribution in [2.45, 2.75) is 5.75 Å². The van der Waals surface area contributed by atoms with Crippen molar-refractivity contribution in [2.75, 3.05) is 48.1 Å². The van der Waals surface area contributed by atoms with Crippen LogP contribution in [0.2, 0.25) is 0 Å². The van der Waals surface area contributed by atoms with Crippen LogP contribution in [0.3, 0.4) is 0 Å². The second-order valence-corrected chi connectivity index (χ2v) is 9.58. The van der Waals surface area contributed by atoms with E-state index in [4.69, 9.17) is 4.74 Å². The van der Waals surface area contributed by atoms with Gasteiger partial charge in [0, 0.05) is 36.8 Å². The fraction of sp³-hybridized carbons (Fsp3) is 0.286. The number of hydrogen-bond donors (Lipinski definition) is 2. The van der Waals surface area contributed by atoms with Crippen LogP contribution in [0.4, 0.5) is 22.1 Å². The van der Waals surface area contributed by atoms with Gasteiger partial charge >= 0.3 is 6.03 Å². The summed E-state index contributed by atoms with van der Waals surface area (Å²) >= 11 is 0. The molecule has 0 spiro atoms. The van der Waals surface area contributed by atoms with Gasteiger partial charge in [-0.1, -0.05) is 0 Å². The van der Waals surface area contributed by atoms with Crippen molar-refractivity contribution in [3.63, 3.8) is 0 Å². The lowest BCUT2D eigenvalue weighted by Gasteiger charge is -2.27. The SMILES string of the molecule is CS(=O)(=O)Cc1nc(-c2ccc(NC(=O)Nc3cccnc3)cc2)nc(N2CCOCC2)n1. The topological polar surface area (TPSA) is 139 Å². The molecule has 172 valence electrons. The number of amides is 2. The highest BCUT2D eigenvalue weighted by atomic mass is 32.2. The lowest BCUT2D eigenvalue weighted by atomic mass is 10.2. The second kappa shape index (κ2) is 9.88. The minimum Gasteiger partial charge on any atom is -0.378 e. The fourth-order valence-corrected chi connectivity index (χ4v) is 3.77. The zero-order valence-corrected chi connectivity index (χ0v) is 18.7. The fourth-order valence-electron chi connectivity index (χ4n) is 3.17. The number of ether oxygens (including phenoxy) is 1. The van der Waals surface area contributed by atoms with E-state index in [1.807, 2.05) is 4.90 Å². The molecule has 1 aromatic carbocycles. The number of benzene rings is 1. The predicted molar refractivity (Wildman–Crippen MR) is 124 cm³/mol. The third-order valence-electron chi connectivity index (χ3n) is 4.68. The summed E-state index contributed by atoms with van der Waals surface area (Å²) in [7, 11) is -3.32. The van der Waals surface area contributed by atoms with Crippen LogP contribution in [0.1, 0.15) is 5.82 Å². The summed E-state index contributed by atoms with van der Waals surface area (Å²) in [6.07, 6.45) is 4.31. The molecule has 12 heteroatoms. The molecule has 1 aliphatic heterocycles. The molecule has 2 N–H and O–H groups in total. The number of sulfone groups is 1. The molecule has 2 amide bonds. The first-order valence-corrected chi connectivity index (χ1v) is 12.3. The van der Waals surface area contributed by atoms with Crippen LogP contribution < -0.4 is 15.5 Å². The molecule has 3 aromatic rings. The number of carbonyl (C=O) groups is 1. The number of hydrogen-bond acceptors (Lipinski definition) is 9. The molecule has 11 nitrogen and oxygen atoms in total. The van der Waals surface area contributed by atoms with Gasteiger partial charge in [-0.05, 0) is 36.4 Å². The number of pyridine rings is 1. The molecule has 3 heterocycles. The molecule has 1 aliphatic rings. The van der Waals surface area contributed by atoms with E-state index in [1.165, 1.54) is 0 Å². The van der Waals surface area contributed by atoms with Gasteiger partial charge in [0.2, 0.25) is 5.95 Å². The smallest absolute Gasteiger partial charge is 0.323 e. The Balaban J connectivity index is 1.54. The normalized spacial score (nSPS) is 14.0. The molecular formula is C21H23N7O4S. The van der Waals surface area contributed by atoms with Crippen molar-refractivity contribution in [1.29, 1.82) is 0 Å². The van der Waals surface area contributed by atoms with E-state index >= 15 is 0 Å². The maximum atomic E-state index is 12.2. The van der Waals surface area contributed by atoms with Crippen molar-refractivity contribution in [2.24, 2.45) is 0 Å². The molecule has 0 bridgehead atoms. The summed E-state index contributed by atoms with van der Waals surface area (Å²) in [5, 5.41) is 5.43. The highest BCUT2D eigenvalue weighted by molar-refractivity contribution is 7.89. The molecule has 1 saturated heterocycles. The van der Waals surface area contributed by atoms with E-state index in [2.05, 4.69) is 30.6 Å². The van der Waals surface area contributed by atoms with Crippen molar-refractivity contribution in [1.82, 2.24) is 19.9 Å². The lowest BCUT2D eigenvalue weighted by Crippen LogP contribution is -2.37. The number of urea groups is 1. The molecule has 2 aromatic heterocycles. The largest absolute Gasteiger partial charge is 0.378 e. The van der Waals surface area contributed by atoms with Crippen molar-refractivity contribution < 1.29 is 17.9 Å². The maximum Gasteiger partial charge on any atom is 0.323 e. The molecule has 0 atom stereocenters. The summed E-state index contributed by atoms with van der Waals surface area (Å²) in [6, 6.07) is 9.99. The van der Waals surface area contributed by atoms with Crippen LogP contribution in [-0.4, -0.2) is 66.9 Å². The van der Waals surface area contributed by atoms with Gasteiger partial charge in [-0.3, -0.25) is 4.98 Å². The Morgan fingerprint density at radius 1 is 1.03 bits per heavy atom. The first-order chi connectivity index (χ1) is 15.9. The monoisotopic (exact) mass is 469 g/mol. The summed E-state index contributed by atoms with van der Waals surface area (Å²) in [6.45, 7) is 2.31. The number of carbonyl (C=O) groups excluding carboxylic acids is 1. The van der Waals surface area contributed by atoms with Gasteiger partial charge < -0.3 is 20.3 Å². The van der Waals surface area contributed by atoms with Crippen LogP contribution in [0, 0.1) is 0 Å². The Kier molecular flexibility index (Phi) is 6.75. The average Bonchev–Trinajstić information content (AvgIpc) is 2.79. The highest BCUT2D eigenvalue weighted by Gasteiger charge is 2.19. The van der Waals surface area contributed by atoms with Crippen molar-refractivity contribution in [3.05, 3.63) is 54.6 Å². The Morgan fingerprint density at radius 3 is 2.42 bits per heavy atom. The first-order valence-electron chi connectivity index (χ1n) is 10.2. The van der Waals surface area contributed by atoms with Crippen LogP contribution in [0.15, 0.2) is 48.8 Å². The van der Waals surface area contributed by atoms with Gasteiger partial charge in [0.25, 0.3) is 0 Å². The molecule has 33 heavy (non-hydrogen) atoms. The number of anilines is 3. The summed E-state index contributed by atoms with van der Waals surface area (Å²) < 4.78 is 29.0. The van der Waals surface area contributed by atoms with Gasteiger partial charge in [-0.2, -0.15) is 9.97 Å². The average molecular weight is 470 g/mol. The van der Waals surface area contributed by atoms with E-state index in [-0.39, 0.29) is 11.6 Å². The minimum absolute atomic E-state index is 0.182. The van der Waals surface area contributed by atoms with Gasteiger partial charge in [-0.25, -0.2) is 18.2 Å². The predicted octanol–water partition coefficient (Wildman–Crippen LogP) is 1.96. The first kappa shape index (κ1) is 22.6. The maximum absolute atomic E-state index is 12.2. The van der Waals surface area contributed by atoms with E-state index in [0.29, 0.717) is 55.0 Å². The quantitative estimate of drug-likeness (QED) is 0.554. The van der Waals surface area contributed by atoms with E-state index < -0.39 is 15.9 Å². The Bertz CT molecular complexity index is 1220.